The maximum absolute atomic E-state index is 9.47. The molecular weight excluding hydrogens is 200 g/mol. The Hall–Kier alpha value is -0.730. The molecule has 2 rings (SSSR count). The van der Waals surface area contributed by atoms with Crippen molar-refractivity contribution in [3.8, 4) is 0 Å². The molecule has 76 valence electrons. The molecule has 3 heteroatoms. The van der Waals surface area contributed by atoms with E-state index in [0.717, 1.165) is 12.8 Å². The predicted molar refractivity (Wildman–Crippen MR) is 55.9 cm³/mol. The summed E-state index contributed by atoms with van der Waals surface area (Å²) in [6.07, 6.45) is 7.73. The van der Waals surface area contributed by atoms with Crippen LogP contribution in [0, 0.1) is 0 Å². The topological polar surface area (TPSA) is 29.5 Å². The van der Waals surface area contributed by atoms with Crippen LogP contribution >= 0.6 is 11.6 Å². The van der Waals surface area contributed by atoms with Crippen molar-refractivity contribution in [2.75, 3.05) is 5.88 Å². The maximum atomic E-state index is 9.47. The number of fused-ring (bicyclic) bond motifs is 1. The van der Waals surface area contributed by atoms with E-state index in [-0.39, 0.29) is 0 Å². The average molecular weight is 213 g/mol. The molecule has 0 saturated carbocycles. The molecule has 2 nitrogen and oxygen atoms in total. The van der Waals surface area contributed by atoms with E-state index in [1.54, 1.807) is 12.5 Å². The van der Waals surface area contributed by atoms with Crippen LogP contribution in [0.4, 0.5) is 0 Å². The molecule has 0 spiro atoms. The van der Waals surface area contributed by atoms with Crippen molar-refractivity contribution in [1.82, 2.24) is 0 Å². The normalized spacial score (nSPS) is 21.7. The quantitative estimate of drug-likeness (QED) is 0.729. The van der Waals surface area contributed by atoms with Gasteiger partial charge in [-0.25, -0.2) is 0 Å². The highest BCUT2D eigenvalue weighted by Gasteiger charge is 2.21. The van der Waals surface area contributed by atoms with Crippen LogP contribution in [-0.4, -0.2) is 17.1 Å². The molecule has 0 radical (unpaired) electrons. The van der Waals surface area contributed by atoms with E-state index in [0.29, 0.717) is 12.3 Å². The summed E-state index contributed by atoms with van der Waals surface area (Å²) in [6.45, 7) is 0. The van der Waals surface area contributed by atoms with Gasteiger partial charge >= 0.3 is 0 Å². The monoisotopic (exact) mass is 212 g/mol. The largest absolute Gasteiger partial charge is 0.472 e. The van der Waals surface area contributed by atoms with E-state index in [4.69, 9.17) is 16.3 Å². The lowest BCUT2D eigenvalue weighted by Gasteiger charge is -2.10. The summed E-state index contributed by atoms with van der Waals surface area (Å²) >= 11 is 5.58. The molecule has 0 fully saturated rings. The minimum atomic E-state index is -0.422. The van der Waals surface area contributed by atoms with Crippen LogP contribution in [-0.2, 0) is 4.74 Å². The first-order valence-electron chi connectivity index (χ1n) is 4.78. The summed E-state index contributed by atoms with van der Waals surface area (Å²) in [6, 6.07) is 0. The number of aliphatic hydroxyl groups is 1. The van der Waals surface area contributed by atoms with Gasteiger partial charge in [-0.05, 0) is 36.5 Å². The molecule has 0 bridgehead atoms. The molecule has 0 amide bonds. The maximum Gasteiger partial charge on any atom is 0.0939 e. The summed E-state index contributed by atoms with van der Waals surface area (Å²) in [7, 11) is 0. The van der Waals surface area contributed by atoms with Crippen molar-refractivity contribution in [3.05, 3.63) is 35.3 Å². The fraction of sp³-hybridized carbons (Fsp3) is 0.455. The lowest BCUT2D eigenvalue weighted by Crippen LogP contribution is -2.09. The molecular formula is C11H13ClO2. The Morgan fingerprint density at radius 2 is 2.36 bits per heavy atom. The average Bonchev–Trinajstić information content (AvgIpc) is 2.62. The van der Waals surface area contributed by atoms with E-state index in [9.17, 15) is 5.11 Å². The number of allylic oxidation sites excluding steroid dienone is 3. The number of halogens is 1. The fourth-order valence-electron chi connectivity index (χ4n) is 1.91. The van der Waals surface area contributed by atoms with Gasteiger partial charge in [0, 0.05) is 5.88 Å². The van der Waals surface area contributed by atoms with Gasteiger partial charge in [-0.15, -0.1) is 11.6 Å². The van der Waals surface area contributed by atoms with E-state index >= 15 is 0 Å². The third-order valence-electron chi connectivity index (χ3n) is 2.61. The summed E-state index contributed by atoms with van der Waals surface area (Å²) in [4.78, 5) is 0. The molecule has 0 aromatic heterocycles. The second kappa shape index (κ2) is 4.20. The van der Waals surface area contributed by atoms with Crippen molar-refractivity contribution >= 4 is 11.6 Å². The molecule has 0 saturated heterocycles. The Labute approximate surface area is 88.5 Å². The lowest BCUT2D eigenvalue weighted by molar-refractivity contribution is 0.197. The van der Waals surface area contributed by atoms with Crippen molar-refractivity contribution in [3.63, 3.8) is 0 Å². The van der Waals surface area contributed by atoms with E-state index in [2.05, 4.69) is 0 Å². The molecule has 0 aromatic carbocycles. The van der Waals surface area contributed by atoms with Crippen LogP contribution in [0.3, 0.4) is 0 Å². The molecule has 1 unspecified atom stereocenters. The van der Waals surface area contributed by atoms with Crippen molar-refractivity contribution in [2.45, 2.75) is 25.4 Å². The molecule has 1 aliphatic carbocycles. The number of hydrogen-bond acceptors (Lipinski definition) is 2. The van der Waals surface area contributed by atoms with Crippen molar-refractivity contribution < 1.29 is 9.84 Å². The van der Waals surface area contributed by atoms with Gasteiger partial charge in [-0.3, -0.25) is 0 Å². The van der Waals surface area contributed by atoms with Gasteiger partial charge in [0.05, 0.1) is 18.6 Å². The molecule has 1 atom stereocenters. The zero-order valence-corrected chi connectivity index (χ0v) is 8.63. The first-order valence-corrected chi connectivity index (χ1v) is 5.32. The smallest absolute Gasteiger partial charge is 0.0939 e. The third kappa shape index (κ3) is 1.86. The number of rotatable bonds is 3. The van der Waals surface area contributed by atoms with E-state index in [1.165, 1.54) is 16.7 Å². The third-order valence-corrected chi connectivity index (χ3v) is 2.96. The first kappa shape index (κ1) is 9.81. The Morgan fingerprint density at radius 3 is 3.14 bits per heavy atom. The van der Waals surface area contributed by atoms with Crippen LogP contribution in [0.1, 0.15) is 19.3 Å². The van der Waals surface area contributed by atoms with Crippen molar-refractivity contribution in [2.24, 2.45) is 0 Å². The number of aliphatic hydroxyl groups excluding tert-OH is 1. The predicted octanol–water partition coefficient (Wildman–Crippen LogP) is 2.49. The van der Waals surface area contributed by atoms with Gasteiger partial charge in [0.1, 0.15) is 0 Å². The van der Waals surface area contributed by atoms with E-state index < -0.39 is 6.10 Å². The van der Waals surface area contributed by atoms with Crippen LogP contribution in [0.15, 0.2) is 35.3 Å². The molecule has 2 aliphatic rings. The summed E-state index contributed by atoms with van der Waals surface area (Å²) in [5.74, 6) is 0.302. The fourth-order valence-corrected chi connectivity index (χ4v) is 2.02. The van der Waals surface area contributed by atoms with Gasteiger partial charge in [-0.1, -0.05) is 5.57 Å². The lowest BCUT2D eigenvalue weighted by atomic mass is 10.0. The number of alkyl halides is 1. The number of hydrogen-bond donors (Lipinski definition) is 1. The standard InChI is InChI=1S/C11H13ClO2/c12-6-10(13)5-8-1-2-9-7-14-4-3-11(8)9/h3-4,7,10,13H,1-2,5-6H2. The number of ether oxygens (including phenoxy) is 1. The first-order chi connectivity index (χ1) is 6.81. The van der Waals surface area contributed by atoms with Gasteiger partial charge in [0.15, 0.2) is 0 Å². The van der Waals surface area contributed by atoms with Gasteiger partial charge < -0.3 is 9.84 Å². The molecule has 1 N–H and O–H groups in total. The Bertz CT molecular complexity index is 315. The van der Waals surface area contributed by atoms with E-state index in [1.807, 2.05) is 6.08 Å². The van der Waals surface area contributed by atoms with Crippen LogP contribution < -0.4 is 0 Å². The minimum Gasteiger partial charge on any atom is -0.472 e. The minimum absolute atomic E-state index is 0.302. The summed E-state index contributed by atoms with van der Waals surface area (Å²) < 4.78 is 5.10. The summed E-state index contributed by atoms with van der Waals surface area (Å²) in [5.41, 5.74) is 3.77. The highest BCUT2D eigenvalue weighted by atomic mass is 35.5. The van der Waals surface area contributed by atoms with Gasteiger partial charge in [-0.2, -0.15) is 0 Å². The second-order valence-corrected chi connectivity index (χ2v) is 3.92. The Kier molecular flexibility index (Phi) is 2.94. The van der Waals surface area contributed by atoms with Crippen LogP contribution in [0.25, 0.3) is 0 Å². The van der Waals surface area contributed by atoms with Gasteiger partial charge in [0.2, 0.25) is 0 Å². The Balaban J connectivity index is 2.14. The van der Waals surface area contributed by atoms with Crippen molar-refractivity contribution in [1.29, 1.82) is 0 Å². The van der Waals surface area contributed by atoms with Crippen LogP contribution in [0.5, 0.6) is 0 Å². The summed E-state index contributed by atoms with van der Waals surface area (Å²) in [5, 5.41) is 9.47. The zero-order chi connectivity index (χ0) is 9.97. The molecule has 1 aliphatic heterocycles. The molecule has 14 heavy (non-hydrogen) atoms. The van der Waals surface area contributed by atoms with Crippen LogP contribution in [0.2, 0.25) is 0 Å². The highest BCUT2D eigenvalue weighted by Crippen LogP contribution is 2.36. The second-order valence-electron chi connectivity index (χ2n) is 3.61. The highest BCUT2D eigenvalue weighted by molar-refractivity contribution is 6.18. The Morgan fingerprint density at radius 1 is 1.50 bits per heavy atom. The van der Waals surface area contributed by atoms with Gasteiger partial charge in [0.25, 0.3) is 0 Å². The molecule has 0 aromatic rings. The SMILES string of the molecule is OC(CCl)CC1=C2C=COC=C2CC1. The zero-order valence-electron chi connectivity index (χ0n) is 7.87. The molecule has 1 heterocycles.